The minimum absolute atomic E-state index is 0.0540. The topological polar surface area (TPSA) is 26.3 Å². The molecule has 11 heavy (non-hydrogen) atoms. The van der Waals surface area contributed by atoms with Crippen LogP contribution in [0.4, 0.5) is 0 Å². The third-order valence-corrected chi connectivity index (χ3v) is 2.78. The van der Waals surface area contributed by atoms with E-state index in [0.717, 1.165) is 12.3 Å². The van der Waals surface area contributed by atoms with Crippen LogP contribution < -0.4 is 0 Å². The van der Waals surface area contributed by atoms with Gasteiger partial charge in [0.1, 0.15) is 0 Å². The molecule has 0 aromatic heterocycles. The van der Waals surface area contributed by atoms with Crippen molar-refractivity contribution in [2.45, 2.75) is 38.5 Å². The van der Waals surface area contributed by atoms with Crippen molar-refractivity contribution in [2.75, 3.05) is 0 Å². The number of rotatable bonds is 3. The van der Waals surface area contributed by atoms with Crippen LogP contribution in [0.1, 0.15) is 38.5 Å². The Kier molecular flexibility index (Phi) is 4.14. The van der Waals surface area contributed by atoms with Gasteiger partial charge in [-0.05, 0) is 0 Å². The van der Waals surface area contributed by atoms with Gasteiger partial charge in [-0.25, -0.2) is 0 Å². The first-order chi connectivity index (χ1) is 5.33. The van der Waals surface area contributed by atoms with E-state index in [1.165, 1.54) is 45.9 Å². The molecule has 0 radical (unpaired) electrons. The predicted molar refractivity (Wildman–Crippen MR) is 37.3 cm³/mol. The molecule has 1 aliphatic rings. The molecule has 0 spiro atoms. The van der Waals surface area contributed by atoms with E-state index in [9.17, 15) is 4.79 Å². The summed E-state index contributed by atoms with van der Waals surface area (Å²) in [5.41, 5.74) is 0. The Morgan fingerprint density at radius 3 is 2.64 bits per heavy atom. The molecule has 0 heterocycles. The van der Waals surface area contributed by atoms with Crippen LogP contribution in [0.25, 0.3) is 0 Å². The summed E-state index contributed by atoms with van der Waals surface area (Å²) in [6.07, 6.45) is 6.99. The third kappa shape index (κ3) is 3.37. The zero-order valence-electron chi connectivity index (χ0n) is 6.54. The Balaban J connectivity index is 2.06. The summed E-state index contributed by atoms with van der Waals surface area (Å²) in [4.78, 5) is 10.7. The SMILES string of the molecule is O=C(CCC1CCCC1)[O][Mo]. The average molecular weight is 237 g/mol. The summed E-state index contributed by atoms with van der Waals surface area (Å²) in [5, 5.41) is 0. The molecule has 1 saturated carbocycles. The van der Waals surface area contributed by atoms with Crippen molar-refractivity contribution in [1.29, 1.82) is 0 Å². The van der Waals surface area contributed by atoms with E-state index in [1.807, 2.05) is 0 Å². The van der Waals surface area contributed by atoms with Gasteiger partial charge in [0.2, 0.25) is 0 Å². The molecule has 0 bridgehead atoms. The summed E-state index contributed by atoms with van der Waals surface area (Å²) in [6.45, 7) is 0. The molecule has 63 valence electrons. The molecule has 1 aliphatic carbocycles. The second kappa shape index (κ2) is 4.92. The van der Waals surface area contributed by atoms with E-state index in [1.54, 1.807) is 0 Å². The second-order valence-electron chi connectivity index (χ2n) is 3.14. The number of hydrogen-bond donors (Lipinski definition) is 0. The number of carbonyl (C=O) groups is 1. The zero-order chi connectivity index (χ0) is 8.10. The van der Waals surface area contributed by atoms with Gasteiger partial charge in [0.25, 0.3) is 0 Å². The van der Waals surface area contributed by atoms with Crippen LogP contribution in [0.5, 0.6) is 0 Å². The molecule has 0 atom stereocenters. The molecule has 0 amide bonds. The molecule has 0 aromatic rings. The van der Waals surface area contributed by atoms with E-state index in [4.69, 9.17) is 0 Å². The van der Waals surface area contributed by atoms with Crippen LogP contribution >= 0.6 is 0 Å². The molecule has 1 rings (SSSR count). The molecule has 0 aromatic carbocycles. The van der Waals surface area contributed by atoms with Gasteiger partial charge in [0, 0.05) is 0 Å². The van der Waals surface area contributed by atoms with Crippen LogP contribution in [0.2, 0.25) is 0 Å². The molecule has 0 aliphatic heterocycles. The fourth-order valence-corrected chi connectivity index (χ4v) is 1.87. The second-order valence-corrected chi connectivity index (χ2v) is 3.55. The average Bonchev–Trinajstić information content (AvgIpc) is 2.52. The van der Waals surface area contributed by atoms with Crippen molar-refractivity contribution in [3.8, 4) is 0 Å². The minimum atomic E-state index is -0.0540. The molecule has 0 saturated heterocycles. The Bertz CT molecular complexity index is 130. The molecule has 0 unspecified atom stereocenters. The zero-order valence-corrected chi connectivity index (χ0v) is 8.55. The van der Waals surface area contributed by atoms with Gasteiger partial charge in [-0.15, -0.1) is 0 Å². The molecule has 3 heteroatoms. The Morgan fingerprint density at radius 2 is 2.09 bits per heavy atom. The van der Waals surface area contributed by atoms with Crippen molar-refractivity contribution >= 4 is 5.97 Å². The third-order valence-electron chi connectivity index (χ3n) is 2.32. The Labute approximate surface area is 79.0 Å². The molecular weight excluding hydrogens is 224 g/mol. The fraction of sp³-hybridized carbons (Fsp3) is 0.875. The first-order valence-corrected chi connectivity index (χ1v) is 4.97. The molecule has 1 fully saturated rings. The maximum atomic E-state index is 10.7. The predicted octanol–water partition coefficient (Wildman–Crippen LogP) is 1.96. The van der Waals surface area contributed by atoms with E-state index in [-0.39, 0.29) is 5.97 Å². The molecule has 0 N–H and O–H groups in total. The molecule has 2 nitrogen and oxygen atoms in total. The fourth-order valence-electron chi connectivity index (χ4n) is 1.66. The van der Waals surface area contributed by atoms with Crippen LogP contribution in [0.15, 0.2) is 0 Å². The normalized spacial score (nSPS) is 18.5. The number of carbonyl (C=O) groups excluding carboxylic acids is 1. The van der Waals surface area contributed by atoms with Crippen molar-refractivity contribution < 1.29 is 28.4 Å². The maximum absolute atomic E-state index is 10.7. The molecular formula is C8H13MoO2. The van der Waals surface area contributed by atoms with Crippen LogP contribution in [-0.4, -0.2) is 5.97 Å². The van der Waals surface area contributed by atoms with Gasteiger partial charge in [0.05, 0.1) is 0 Å². The summed E-state index contributed by atoms with van der Waals surface area (Å²) < 4.78 is 4.58. The van der Waals surface area contributed by atoms with E-state index >= 15 is 0 Å². The van der Waals surface area contributed by atoms with E-state index in [0.29, 0.717) is 6.42 Å². The van der Waals surface area contributed by atoms with Crippen molar-refractivity contribution in [2.24, 2.45) is 5.92 Å². The first kappa shape index (κ1) is 9.25. The van der Waals surface area contributed by atoms with E-state index in [2.05, 4.69) is 3.39 Å². The van der Waals surface area contributed by atoms with Crippen LogP contribution in [0, 0.1) is 5.92 Å². The van der Waals surface area contributed by atoms with Crippen molar-refractivity contribution in [1.82, 2.24) is 0 Å². The monoisotopic (exact) mass is 239 g/mol. The summed E-state index contributed by atoms with van der Waals surface area (Å²) >= 11 is 1.39. The van der Waals surface area contributed by atoms with Crippen LogP contribution in [-0.2, 0) is 28.4 Å². The van der Waals surface area contributed by atoms with Gasteiger partial charge < -0.3 is 0 Å². The first-order valence-electron chi connectivity index (χ1n) is 4.15. The van der Waals surface area contributed by atoms with Gasteiger partial charge >= 0.3 is 78.8 Å². The van der Waals surface area contributed by atoms with Crippen molar-refractivity contribution in [3.63, 3.8) is 0 Å². The summed E-state index contributed by atoms with van der Waals surface area (Å²) in [7, 11) is 0. The summed E-state index contributed by atoms with van der Waals surface area (Å²) in [6, 6.07) is 0. The standard InChI is InChI=1S/C8H14O2.Mo/c9-8(10)6-5-7-3-1-2-4-7;/h7H,1-6H2,(H,9,10);/q;+1/p-1. The van der Waals surface area contributed by atoms with Crippen LogP contribution in [0.3, 0.4) is 0 Å². The van der Waals surface area contributed by atoms with Crippen molar-refractivity contribution in [3.05, 3.63) is 0 Å². The number of hydrogen-bond acceptors (Lipinski definition) is 2. The Morgan fingerprint density at radius 1 is 1.45 bits per heavy atom. The van der Waals surface area contributed by atoms with Gasteiger partial charge in [-0.1, -0.05) is 0 Å². The Hall–Kier alpha value is 0.158. The van der Waals surface area contributed by atoms with Gasteiger partial charge in [-0.3, -0.25) is 0 Å². The van der Waals surface area contributed by atoms with Gasteiger partial charge in [0.15, 0.2) is 0 Å². The van der Waals surface area contributed by atoms with E-state index < -0.39 is 0 Å². The van der Waals surface area contributed by atoms with Gasteiger partial charge in [-0.2, -0.15) is 0 Å². The quantitative estimate of drug-likeness (QED) is 0.701. The summed E-state index contributed by atoms with van der Waals surface area (Å²) in [5.74, 6) is 0.747.